The molecular formula is C20H13F3O2. The predicted octanol–water partition coefficient (Wildman–Crippen LogP) is 5.30. The molecule has 0 spiro atoms. The van der Waals surface area contributed by atoms with Crippen molar-refractivity contribution in [2.24, 2.45) is 0 Å². The minimum atomic E-state index is -1.61. The average Bonchev–Trinajstić information content (AvgIpc) is 2.60. The third-order valence-electron chi connectivity index (χ3n) is 3.67. The lowest BCUT2D eigenvalue weighted by molar-refractivity contribution is 0.0733. The van der Waals surface area contributed by atoms with Crippen LogP contribution in [0.15, 0.2) is 60.7 Å². The van der Waals surface area contributed by atoms with Gasteiger partial charge in [-0.2, -0.15) is 0 Å². The summed E-state index contributed by atoms with van der Waals surface area (Å²) in [4.78, 5) is 12.1. The van der Waals surface area contributed by atoms with Crippen LogP contribution in [0.5, 0.6) is 5.75 Å². The predicted molar refractivity (Wildman–Crippen MR) is 87.9 cm³/mol. The maximum atomic E-state index is 13.2. The maximum Gasteiger partial charge on any atom is 0.343 e. The van der Waals surface area contributed by atoms with Crippen LogP contribution in [0.4, 0.5) is 13.2 Å². The van der Waals surface area contributed by atoms with Crippen LogP contribution in [0.2, 0.25) is 0 Å². The normalized spacial score (nSPS) is 10.6. The Kier molecular flexibility index (Phi) is 4.57. The molecule has 0 saturated carbocycles. The van der Waals surface area contributed by atoms with Crippen molar-refractivity contribution in [2.45, 2.75) is 6.92 Å². The summed E-state index contributed by atoms with van der Waals surface area (Å²) in [5, 5.41) is 0. The summed E-state index contributed by atoms with van der Waals surface area (Å²) in [6.45, 7) is 1.99. The van der Waals surface area contributed by atoms with Crippen LogP contribution < -0.4 is 4.74 Å². The highest BCUT2D eigenvalue weighted by Crippen LogP contribution is 2.23. The number of esters is 1. The second kappa shape index (κ2) is 6.81. The van der Waals surface area contributed by atoms with Crippen molar-refractivity contribution in [3.05, 3.63) is 89.2 Å². The van der Waals surface area contributed by atoms with Crippen LogP contribution in [-0.4, -0.2) is 5.97 Å². The lowest BCUT2D eigenvalue weighted by Crippen LogP contribution is -2.09. The molecule has 3 aromatic rings. The number of hydrogen-bond acceptors (Lipinski definition) is 2. The molecule has 0 aliphatic heterocycles. The number of carbonyl (C=O) groups excluding carboxylic acids is 1. The summed E-state index contributed by atoms with van der Waals surface area (Å²) < 4.78 is 44.1. The van der Waals surface area contributed by atoms with Crippen LogP contribution in [0.25, 0.3) is 11.1 Å². The van der Waals surface area contributed by atoms with E-state index in [4.69, 9.17) is 4.74 Å². The van der Waals surface area contributed by atoms with Crippen LogP contribution in [0.1, 0.15) is 15.9 Å². The first kappa shape index (κ1) is 16.8. The Balaban J connectivity index is 1.78. The summed E-state index contributed by atoms with van der Waals surface area (Å²) in [5.41, 5.74) is 3.26. The smallest absolute Gasteiger partial charge is 0.343 e. The Morgan fingerprint density at radius 1 is 0.800 bits per heavy atom. The van der Waals surface area contributed by atoms with Gasteiger partial charge < -0.3 is 4.74 Å². The van der Waals surface area contributed by atoms with Crippen LogP contribution >= 0.6 is 0 Å². The van der Waals surface area contributed by atoms with E-state index in [2.05, 4.69) is 0 Å². The van der Waals surface area contributed by atoms with Gasteiger partial charge in [-0.1, -0.05) is 42.0 Å². The summed E-state index contributed by atoms with van der Waals surface area (Å²) in [5.74, 6) is -5.64. The van der Waals surface area contributed by atoms with Crippen LogP contribution in [0.3, 0.4) is 0 Å². The van der Waals surface area contributed by atoms with Gasteiger partial charge in [-0.05, 0) is 30.2 Å². The van der Waals surface area contributed by atoms with E-state index in [9.17, 15) is 18.0 Å². The van der Waals surface area contributed by atoms with Crippen LogP contribution in [0, 0.1) is 24.4 Å². The minimum absolute atomic E-state index is 0.209. The van der Waals surface area contributed by atoms with E-state index >= 15 is 0 Å². The highest BCUT2D eigenvalue weighted by atomic mass is 19.2. The van der Waals surface area contributed by atoms with Gasteiger partial charge in [0.25, 0.3) is 0 Å². The summed E-state index contributed by atoms with van der Waals surface area (Å²) in [6.07, 6.45) is 0. The molecule has 3 aromatic carbocycles. The molecule has 0 heterocycles. The molecule has 0 bridgehead atoms. The lowest BCUT2D eigenvalue weighted by atomic mass is 10.0. The fraction of sp³-hybridized carbons (Fsp3) is 0.0500. The first-order valence-corrected chi connectivity index (χ1v) is 7.48. The summed E-state index contributed by atoms with van der Waals surface area (Å²) in [6, 6.07) is 15.7. The molecule has 0 atom stereocenters. The second-order valence-corrected chi connectivity index (χ2v) is 5.53. The molecular weight excluding hydrogens is 329 g/mol. The van der Waals surface area contributed by atoms with E-state index < -0.39 is 29.2 Å². The van der Waals surface area contributed by atoms with Crippen molar-refractivity contribution in [1.82, 2.24) is 0 Å². The quantitative estimate of drug-likeness (QED) is 0.367. The fourth-order valence-corrected chi connectivity index (χ4v) is 2.30. The number of halogens is 3. The van der Waals surface area contributed by atoms with Crippen molar-refractivity contribution in [1.29, 1.82) is 0 Å². The van der Waals surface area contributed by atoms with Gasteiger partial charge in [0, 0.05) is 12.1 Å². The van der Waals surface area contributed by atoms with E-state index in [1.54, 1.807) is 24.3 Å². The lowest BCUT2D eigenvalue weighted by Gasteiger charge is -2.07. The Labute approximate surface area is 142 Å². The Morgan fingerprint density at radius 2 is 1.28 bits per heavy atom. The van der Waals surface area contributed by atoms with Gasteiger partial charge in [0.15, 0.2) is 17.5 Å². The van der Waals surface area contributed by atoms with Gasteiger partial charge >= 0.3 is 5.97 Å². The fourth-order valence-electron chi connectivity index (χ4n) is 2.30. The first-order valence-electron chi connectivity index (χ1n) is 7.48. The molecule has 0 aliphatic carbocycles. The monoisotopic (exact) mass is 342 g/mol. The molecule has 2 nitrogen and oxygen atoms in total. The molecule has 0 aromatic heterocycles. The zero-order valence-electron chi connectivity index (χ0n) is 13.2. The standard InChI is InChI=1S/C20H13F3O2/c1-12-2-4-13(5-3-12)14-6-8-15(9-7-14)20(24)25-16-10-17(21)19(23)18(22)11-16/h2-11H,1H3. The van der Waals surface area contributed by atoms with Gasteiger partial charge in [-0.3, -0.25) is 0 Å². The molecule has 0 fully saturated rings. The van der Waals surface area contributed by atoms with Crippen molar-refractivity contribution < 1.29 is 22.7 Å². The molecule has 3 rings (SSSR count). The summed E-state index contributed by atoms with van der Waals surface area (Å²) in [7, 11) is 0. The first-order chi connectivity index (χ1) is 11.9. The largest absolute Gasteiger partial charge is 0.423 e. The molecule has 0 amide bonds. The number of benzene rings is 3. The highest BCUT2D eigenvalue weighted by molar-refractivity contribution is 5.91. The zero-order valence-corrected chi connectivity index (χ0v) is 13.2. The second-order valence-electron chi connectivity index (χ2n) is 5.53. The molecule has 25 heavy (non-hydrogen) atoms. The molecule has 0 aliphatic rings. The molecule has 126 valence electrons. The van der Waals surface area contributed by atoms with Gasteiger partial charge in [-0.25, -0.2) is 18.0 Å². The Hall–Kier alpha value is -3.08. The number of carbonyl (C=O) groups is 1. The van der Waals surface area contributed by atoms with Crippen molar-refractivity contribution in [2.75, 3.05) is 0 Å². The van der Waals surface area contributed by atoms with Gasteiger partial charge in [-0.15, -0.1) is 0 Å². The number of rotatable bonds is 3. The van der Waals surface area contributed by atoms with E-state index in [0.29, 0.717) is 12.1 Å². The highest BCUT2D eigenvalue weighted by Gasteiger charge is 2.15. The molecule has 0 unspecified atom stereocenters. The van der Waals surface area contributed by atoms with Crippen molar-refractivity contribution in [3.8, 4) is 16.9 Å². The topological polar surface area (TPSA) is 26.3 Å². The molecule has 0 radical (unpaired) electrons. The Bertz CT molecular complexity index is 894. The van der Waals surface area contributed by atoms with Crippen molar-refractivity contribution >= 4 is 5.97 Å². The van der Waals surface area contributed by atoms with E-state index in [1.165, 1.54) is 0 Å². The molecule has 0 N–H and O–H groups in total. The average molecular weight is 342 g/mol. The SMILES string of the molecule is Cc1ccc(-c2ccc(C(=O)Oc3cc(F)c(F)c(F)c3)cc2)cc1. The van der Waals surface area contributed by atoms with Gasteiger partial charge in [0.1, 0.15) is 5.75 Å². The van der Waals surface area contributed by atoms with Crippen LogP contribution in [-0.2, 0) is 0 Å². The third-order valence-corrected chi connectivity index (χ3v) is 3.67. The number of ether oxygens (including phenoxy) is 1. The van der Waals surface area contributed by atoms with Crippen molar-refractivity contribution in [3.63, 3.8) is 0 Å². The Morgan fingerprint density at radius 3 is 1.80 bits per heavy atom. The number of hydrogen-bond donors (Lipinski definition) is 0. The summed E-state index contributed by atoms with van der Waals surface area (Å²) >= 11 is 0. The molecule has 0 saturated heterocycles. The molecule has 5 heteroatoms. The van der Waals surface area contributed by atoms with E-state index in [0.717, 1.165) is 16.7 Å². The number of aryl methyl sites for hydroxylation is 1. The third kappa shape index (κ3) is 3.71. The van der Waals surface area contributed by atoms with E-state index in [1.807, 2.05) is 31.2 Å². The van der Waals surface area contributed by atoms with E-state index in [-0.39, 0.29) is 5.56 Å². The zero-order chi connectivity index (χ0) is 18.0. The minimum Gasteiger partial charge on any atom is -0.423 e. The maximum absolute atomic E-state index is 13.2. The van der Waals surface area contributed by atoms with Gasteiger partial charge in [0.2, 0.25) is 0 Å². The van der Waals surface area contributed by atoms with Gasteiger partial charge in [0.05, 0.1) is 5.56 Å².